The molecule has 0 fully saturated rings. The van der Waals surface area contributed by atoms with Crippen molar-refractivity contribution < 1.29 is 0 Å². The molecule has 2 rings (SSSR count). The molecule has 2 aromatic rings. The van der Waals surface area contributed by atoms with Gasteiger partial charge in [0.25, 0.3) is 0 Å². The molecular formula is C12H14ClN. The topological polar surface area (TPSA) is 15.8 Å². The molecule has 1 aromatic heterocycles. The lowest BCUT2D eigenvalue weighted by molar-refractivity contribution is 1.23. The van der Waals surface area contributed by atoms with Crippen molar-refractivity contribution in [2.45, 2.75) is 26.7 Å². The number of hydrogen-bond acceptors (Lipinski definition) is 0. The van der Waals surface area contributed by atoms with E-state index in [0.29, 0.717) is 5.88 Å². The molecule has 2 heteroatoms. The van der Waals surface area contributed by atoms with Crippen LogP contribution in [0.1, 0.15) is 22.4 Å². The third-order valence-corrected chi connectivity index (χ3v) is 3.09. The van der Waals surface area contributed by atoms with Gasteiger partial charge in [0, 0.05) is 22.5 Å². The predicted molar refractivity (Wildman–Crippen MR) is 62.1 cm³/mol. The first-order valence-corrected chi connectivity index (χ1v) is 5.32. The summed E-state index contributed by atoms with van der Waals surface area (Å²) in [4.78, 5) is 3.40. The minimum atomic E-state index is 0.579. The largest absolute Gasteiger partial charge is 0.358 e. The molecule has 0 spiro atoms. The zero-order chi connectivity index (χ0) is 10.3. The second-order valence-corrected chi connectivity index (χ2v) is 4.08. The maximum absolute atomic E-state index is 5.96. The quantitative estimate of drug-likeness (QED) is 0.685. The van der Waals surface area contributed by atoms with Crippen molar-refractivity contribution in [2.75, 3.05) is 0 Å². The smallest absolute Gasteiger partial charge is 0.0498 e. The fraction of sp³-hybridized carbons (Fsp3) is 0.333. The molecule has 0 amide bonds. The number of aromatic nitrogens is 1. The highest BCUT2D eigenvalue weighted by molar-refractivity contribution is 6.18. The van der Waals surface area contributed by atoms with Crippen LogP contribution in [0.25, 0.3) is 10.9 Å². The molecule has 0 saturated carbocycles. The van der Waals surface area contributed by atoms with Gasteiger partial charge < -0.3 is 4.98 Å². The number of hydrogen-bond donors (Lipinski definition) is 1. The van der Waals surface area contributed by atoms with Gasteiger partial charge in [-0.3, -0.25) is 0 Å². The normalized spacial score (nSPS) is 11.1. The Hall–Kier alpha value is -0.950. The van der Waals surface area contributed by atoms with Crippen LogP contribution in [0.5, 0.6) is 0 Å². The van der Waals surface area contributed by atoms with E-state index in [-0.39, 0.29) is 0 Å². The first-order valence-electron chi connectivity index (χ1n) is 4.78. The maximum Gasteiger partial charge on any atom is 0.0498 e. The highest BCUT2D eigenvalue weighted by Crippen LogP contribution is 2.28. The van der Waals surface area contributed by atoms with Gasteiger partial charge in [-0.25, -0.2) is 0 Å². The zero-order valence-corrected chi connectivity index (χ0v) is 9.50. The maximum atomic E-state index is 5.96. The molecule has 0 saturated heterocycles. The van der Waals surface area contributed by atoms with E-state index in [4.69, 9.17) is 11.6 Å². The van der Waals surface area contributed by atoms with Gasteiger partial charge in [-0.15, -0.1) is 11.6 Å². The molecule has 0 radical (unpaired) electrons. The molecule has 1 N–H and O–H groups in total. The van der Waals surface area contributed by atoms with Gasteiger partial charge in [0.1, 0.15) is 0 Å². The van der Waals surface area contributed by atoms with Crippen molar-refractivity contribution in [3.05, 3.63) is 34.5 Å². The fourth-order valence-corrected chi connectivity index (χ4v) is 2.31. The van der Waals surface area contributed by atoms with Crippen molar-refractivity contribution in [1.82, 2.24) is 4.98 Å². The van der Waals surface area contributed by atoms with Gasteiger partial charge in [0.05, 0.1) is 0 Å². The van der Waals surface area contributed by atoms with E-state index in [1.807, 2.05) is 0 Å². The number of nitrogens with one attached hydrogen (secondary N) is 1. The van der Waals surface area contributed by atoms with Crippen LogP contribution in [0.4, 0.5) is 0 Å². The molecular weight excluding hydrogens is 194 g/mol. The Balaban J connectivity index is 2.93. The lowest BCUT2D eigenvalue weighted by Crippen LogP contribution is -1.82. The first kappa shape index (κ1) is 9.60. The second kappa shape index (κ2) is 3.32. The summed E-state index contributed by atoms with van der Waals surface area (Å²) in [6.45, 7) is 6.33. The summed E-state index contributed by atoms with van der Waals surface area (Å²) >= 11 is 5.96. The number of alkyl halides is 1. The number of H-pyrrole nitrogens is 1. The van der Waals surface area contributed by atoms with E-state index in [1.54, 1.807) is 0 Å². The Bertz CT molecular complexity index is 483. The van der Waals surface area contributed by atoms with E-state index in [1.165, 1.54) is 33.3 Å². The summed E-state index contributed by atoms with van der Waals surface area (Å²) in [7, 11) is 0. The Morgan fingerprint density at radius 3 is 2.43 bits per heavy atom. The number of aryl methyl sites for hydroxylation is 3. The van der Waals surface area contributed by atoms with Gasteiger partial charge in [-0.1, -0.05) is 12.1 Å². The van der Waals surface area contributed by atoms with Crippen molar-refractivity contribution in [3.8, 4) is 0 Å². The van der Waals surface area contributed by atoms with Crippen LogP contribution in [0.3, 0.4) is 0 Å². The number of halogens is 1. The monoisotopic (exact) mass is 207 g/mol. The molecule has 1 aromatic carbocycles. The van der Waals surface area contributed by atoms with E-state index >= 15 is 0 Å². The second-order valence-electron chi connectivity index (χ2n) is 3.81. The lowest BCUT2D eigenvalue weighted by Gasteiger charge is -2.01. The van der Waals surface area contributed by atoms with Crippen molar-refractivity contribution in [2.24, 2.45) is 0 Å². The molecule has 1 nitrogen and oxygen atoms in total. The van der Waals surface area contributed by atoms with Gasteiger partial charge in [-0.2, -0.15) is 0 Å². The molecule has 0 aliphatic rings. The summed E-state index contributed by atoms with van der Waals surface area (Å²) in [6.07, 6.45) is 0. The summed E-state index contributed by atoms with van der Waals surface area (Å²) in [5, 5.41) is 1.30. The van der Waals surface area contributed by atoms with Crippen LogP contribution in [-0.4, -0.2) is 4.98 Å². The third-order valence-electron chi connectivity index (χ3n) is 2.82. The fourth-order valence-electron chi connectivity index (χ4n) is 1.98. The molecule has 0 aliphatic heterocycles. The Morgan fingerprint density at radius 2 is 1.79 bits per heavy atom. The summed E-state index contributed by atoms with van der Waals surface area (Å²) in [6, 6.07) is 4.30. The van der Waals surface area contributed by atoms with Crippen LogP contribution in [0.15, 0.2) is 12.1 Å². The van der Waals surface area contributed by atoms with Gasteiger partial charge in [0.2, 0.25) is 0 Å². The van der Waals surface area contributed by atoms with Gasteiger partial charge in [0.15, 0.2) is 0 Å². The predicted octanol–water partition coefficient (Wildman–Crippen LogP) is 3.83. The number of fused-ring (bicyclic) bond motifs is 1. The minimum absolute atomic E-state index is 0.579. The van der Waals surface area contributed by atoms with Crippen LogP contribution >= 0.6 is 11.6 Å². The highest BCUT2D eigenvalue weighted by atomic mass is 35.5. The van der Waals surface area contributed by atoms with Gasteiger partial charge in [-0.05, 0) is 37.5 Å². The van der Waals surface area contributed by atoms with E-state index in [0.717, 1.165) is 0 Å². The highest BCUT2D eigenvalue weighted by Gasteiger charge is 2.10. The molecule has 0 atom stereocenters. The minimum Gasteiger partial charge on any atom is -0.358 e. The molecule has 0 aliphatic carbocycles. The van der Waals surface area contributed by atoms with Crippen LogP contribution in [0, 0.1) is 20.8 Å². The van der Waals surface area contributed by atoms with E-state index < -0.39 is 0 Å². The number of aromatic amines is 1. The first-order chi connectivity index (χ1) is 6.65. The SMILES string of the molecule is Cc1[nH]c2c(C)ccc(C)c2c1CCl. The van der Waals surface area contributed by atoms with Crippen LogP contribution in [0.2, 0.25) is 0 Å². The van der Waals surface area contributed by atoms with Crippen molar-refractivity contribution in [3.63, 3.8) is 0 Å². The number of benzene rings is 1. The van der Waals surface area contributed by atoms with Crippen molar-refractivity contribution in [1.29, 1.82) is 0 Å². The van der Waals surface area contributed by atoms with Crippen LogP contribution in [-0.2, 0) is 5.88 Å². The van der Waals surface area contributed by atoms with Gasteiger partial charge >= 0.3 is 0 Å². The van der Waals surface area contributed by atoms with E-state index in [2.05, 4.69) is 37.9 Å². The number of rotatable bonds is 1. The summed E-state index contributed by atoms with van der Waals surface area (Å²) in [5.41, 5.74) is 6.24. The van der Waals surface area contributed by atoms with E-state index in [9.17, 15) is 0 Å². The summed E-state index contributed by atoms with van der Waals surface area (Å²) < 4.78 is 0. The molecule has 74 valence electrons. The Morgan fingerprint density at radius 1 is 1.14 bits per heavy atom. The standard InChI is InChI=1S/C12H14ClN/c1-7-4-5-8(2)12-11(7)10(6-13)9(3)14-12/h4-5,14H,6H2,1-3H3. The molecule has 14 heavy (non-hydrogen) atoms. The molecule has 1 heterocycles. The average molecular weight is 208 g/mol. The molecule has 0 unspecified atom stereocenters. The summed E-state index contributed by atoms with van der Waals surface area (Å²) in [5.74, 6) is 0.579. The van der Waals surface area contributed by atoms with Crippen molar-refractivity contribution >= 4 is 22.5 Å². The third kappa shape index (κ3) is 1.24. The van der Waals surface area contributed by atoms with Crippen LogP contribution < -0.4 is 0 Å². The molecule has 0 bridgehead atoms. The Kier molecular flexibility index (Phi) is 2.28. The average Bonchev–Trinajstić information content (AvgIpc) is 2.50. The lowest BCUT2D eigenvalue weighted by atomic mass is 10.0. The zero-order valence-electron chi connectivity index (χ0n) is 8.74. The Labute approximate surface area is 89.1 Å².